The van der Waals surface area contributed by atoms with Crippen LogP contribution in [-0.2, 0) is 4.79 Å². The maximum atomic E-state index is 12.1. The van der Waals surface area contributed by atoms with Gasteiger partial charge in [0.25, 0.3) is 0 Å². The molecule has 106 valence electrons. The standard InChI is InChI=1S/C11H11F3O5/c1-2-18-8-5-6(9(15)10(16)17)3-4-7(8)19-11(12,13)14/h3-5,9,15H,2H2,1H3,(H,16,17). The van der Waals surface area contributed by atoms with E-state index in [9.17, 15) is 23.1 Å². The number of carboxylic acids is 1. The number of aliphatic hydroxyl groups excluding tert-OH is 1. The summed E-state index contributed by atoms with van der Waals surface area (Å²) in [5.74, 6) is -2.42. The molecule has 0 amide bonds. The van der Waals surface area contributed by atoms with Crippen LogP contribution in [0.15, 0.2) is 18.2 Å². The number of hydrogen-bond acceptors (Lipinski definition) is 4. The second kappa shape index (κ2) is 5.79. The molecule has 0 bridgehead atoms. The molecule has 19 heavy (non-hydrogen) atoms. The summed E-state index contributed by atoms with van der Waals surface area (Å²) < 4.78 is 45.0. The molecule has 0 aliphatic carbocycles. The van der Waals surface area contributed by atoms with Crippen molar-refractivity contribution >= 4 is 5.97 Å². The van der Waals surface area contributed by atoms with Gasteiger partial charge in [-0.15, -0.1) is 13.2 Å². The summed E-state index contributed by atoms with van der Waals surface area (Å²) >= 11 is 0. The predicted octanol–water partition coefficient (Wildman–Crippen LogP) is 2.10. The van der Waals surface area contributed by atoms with Gasteiger partial charge in [-0.1, -0.05) is 6.07 Å². The quantitative estimate of drug-likeness (QED) is 0.863. The Morgan fingerprint density at radius 1 is 1.37 bits per heavy atom. The molecule has 5 nitrogen and oxygen atoms in total. The van der Waals surface area contributed by atoms with E-state index in [1.54, 1.807) is 0 Å². The van der Waals surface area contributed by atoms with Crippen LogP contribution in [0.25, 0.3) is 0 Å². The second-order valence-corrected chi connectivity index (χ2v) is 3.43. The summed E-state index contributed by atoms with van der Waals surface area (Å²) in [5.41, 5.74) is -0.106. The molecule has 0 aromatic heterocycles. The first-order valence-corrected chi connectivity index (χ1v) is 5.18. The number of halogens is 3. The van der Waals surface area contributed by atoms with E-state index >= 15 is 0 Å². The summed E-state index contributed by atoms with van der Waals surface area (Å²) in [6.45, 7) is 1.60. The average molecular weight is 280 g/mol. The fraction of sp³-hybridized carbons (Fsp3) is 0.364. The van der Waals surface area contributed by atoms with Crippen molar-refractivity contribution in [1.29, 1.82) is 0 Å². The van der Waals surface area contributed by atoms with Crippen LogP contribution >= 0.6 is 0 Å². The van der Waals surface area contributed by atoms with Crippen molar-refractivity contribution in [2.45, 2.75) is 19.4 Å². The molecule has 1 atom stereocenters. The van der Waals surface area contributed by atoms with Gasteiger partial charge in [-0.2, -0.15) is 0 Å². The van der Waals surface area contributed by atoms with Crippen molar-refractivity contribution in [3.63, 3.8) is 0 Å². The molecule has 0 saturated heterocycles. The molecule has 0 radical (unpaired) electrons. The molecular weight excluding hydrogens is 269 g/mol. The van der Waals surface area contributed by atoms with Crippen molar-refractivity contribution in [2.24, 2.45) is 0 Å². The van der Waals surface area contributed by atoms with Crippen LogP contribution in [0.5, 0.6) is 11.5 Å². The van der Waals surface area contributed by atoms with Crippen LogP contribution in [0.3, 0.4) is 0 Å². The summed E-state index contributed by atoms with van der Waals surface area (Å²) in [6.07, 6.45) is -6.74. The third-order valence-corrected chi connectivity index (χ3v) is 2.04. The van der Waals surface area contributed by atoms with E-state index in [4.69, 9.17) is 9.84 Å². The number of alkyl halides is 3. The highest BCUT2D eigenvalue weighted by atomic mass is 19.4. The predicted molar refractivity (Wildman–Crippen MR) is 56.9 cm³/mol. The lowest BCUT2D eigenvalue weighted by atomic mass is 10.1. The Morgan fingerprint density at radius 3 is 2.47 bits per heavy atom. The molecule has 0 spiro atoms. The Balaban J connectivity index is 3.10. The first-order valence-electron chi connectivity index (χ1n) is 5.18. The number of carbonyl (C=O) groups is 1. The van der Waals surface area contributed by atoms with Crippen molar-refractivity contribution in [3.05, 3.63) is 23.8 Å². The highest BCUT2D eigenvalue weighted by Gasteiger charge is 2.33. The molecule has 0 aliphatic heterocycles. The van der Waals surface area contributed by atoms with Gasteiger partial charge < -0.3 is 19.7 Å². The first-order chi connectivity index (χ1) is 8.74. The number of carboxylic acid groups (broad SMARTS) is 1. The number of aliphatic hydroxyl groups is 1. The molecule has 1 aromatic rings. The van der Waals surface area contributed by atoms with Crippen LogP contribution in [-0.4, -0.2) is 29.2 Å². The molecule has 0 saturated carbocycles. The fourth-order valence-corrected chi connectivity index (χ4v) is 1.31. The van der Waals surface area contributed by atoms with E-state index in [0.717, 1.165) is 18.2 Å². The molecule has 2 N–H and O–H groups in total. The molecular formula is C11H11F3O5. The van der Waals surface area contributed by atoms with Crippen LogP contribution < -0.4 is 9.47 Å². The lowest BCUT2D eigenvalue weighted by Gasteiger charge is -2.15. The van der Waals surface area contributed by atoms with Crippen molar-refractivity contribution in [1.82, 2.24) is 0 Å². The van der Waals surface area contributed by atoms with E-state index in [2.05, 4.69) is 4.74 Å². The number of hydrogen-bond donors (Lipinski definition) is 2. The third-order valence-electron chi connectivity index (χ3n) is 2.04. The van der Waals surface area contributed by atoms with E-state index in [1.165, 1.54) is 6.92 Å². The maximum absolute atomic E-state index is 12.1. The largest absolute Gasteiger partial charge is 0.573 e. The second-order valence-electron chi connectivity index (χ2n) is 3.43. The van der Waals surface area contributed by atoms with Gasteiger partial charge in [-0.05, 0) is 24.6 Å². The van der Waals surface area contributed by atoms with E-state index in [0.29, 0.717) is 0 Å². The lowest BCUT2D eigenvalue weighted by Crippen LogP contribution is -2.18. The van der Waals surface area contributed by atoms with E-state index in [1.807, 2.05) is 0 Å². The Kier molecular flexibility index (Phi) is 4.60. The van der Waals surface area contributed by atoms with Crippen molar-refractivity contribution in [3.8, 4) is 11.5 Å². The van der Waals surface area contributed by atoms with Gasteiger partial charge in [0.05, 0.1) is 6.61 Å². The molecule has 1 aromatic carbocycles. The SMILES string of the molecule is CCOc1cc(C(O)C(=O)O)ccc1OC(F)(F)F. The smallest absolute Gasteiger partial charge is 0.490 e. The van der Waals surface area contributed by atoms with Gasteiger partial charge in [-0.25, -0.2) is 4.79 Å². The Bertz CT molecular complexity index is 458. The normalized spacial score (nSPS) is 12.9. The zero-order valence-corrected chi connectivity index (χ0v) is 9.77. The lowest BCUT2D eigenvalue weighted by molar-refractivity contribution is -0.275. The number of aliphatic carboxylic acids is 1. The third kappa shape index (κ3) is 4.32. The fourth-order valence-electron chi connectivity index (χ4n) is 1.31. The number of ether oxygens (including phenoxy) is 2. The minimum atomic E-state index is -4.89. The zero-order valence-electron chi connectivity index (χ0n) is 9.77. The molecule has 1 unspecified atom stereocenters. The van der Waals surface area contributed by atoms with Gasteiger partial charge in [-0.3, -0.25) is 0 Å². The van der Waals surface area contributed by atoms with Crippen LogP contribution in [0, 0.1) is 0 Å². The van der Waals surface area contributed by atoms with Crippen LogP contribution in [0.1, 0.15) is 18.6 Å². The minimum Gasteiger partial charge on any atom is -0.490 e. The molecule has 0 aliphatic rings. The van der Waals surface area contributed by atoms with E-state index < -0.39 is 24.2 Å². The van der Waals surface area contributed by atoms with Crippen molar-refractivity contribution in [2.75, 3.05) is 6.61 Å². The van der Waals surface area contributed by atoms with Gasteiger partial charge >= 0.3 is 12.3 Å². The average Bonchev–Trinajstić information content (AvgIpc) is 2.29. The van der Waals surface area contributed by atoms with E-state index in [-0.39, 0.29) is 17.9 Å². The Hall–Kier alpha value is -1.96. The van der Waals surface area contributed by atoms with Gasteiger partial charge in [0.15, 0.2) is 17.6 Å². The monoisotopic (exact) mass is 280 g/mol. The summed E-state index contributed by atoms with van der Waals surface area (Å²) in [6, 6.07) is 2.89. The summed E-state index contributed by atoms with van der Waals surface area (Å²) in [4.78, 5) is 10.6. The van der Waals surface area contributed by atoms with Gasteiger partial charge in [0, 0.05) is 0 Å². The van der Waals surface area contributed by atoms with Crippen LogP contribution in [0.4, 0.5) is 13.2 Å². The van der Waals surface area contributed by atoms with Crippen LogP contribution in [0.2, 0.25) is 0 Å². The Morgan fingerprint density at radius 2 is 2.00 bits per heavy atom. The zero-order chi connectivity index (χ0) is 14.6. The molecule has 0 heterocycles. The Labute approximate surface area is 106 Å². The summed E-state index contributed by atoms with van der Waals surface area (Å²) in [7, 11) is 0. The molecule has 1 rings (SSSR count). The maximum Gasteiger partial charge on any atom is 0.573 e. The highest BCUT2D eigenvalue weighted by molar-refractivity contribution is 5.74. The number of rotatable bonds is 5. The first kappa shape index (κ1) is 15.1. The summed E-state index contributed by atoms with van der Waals surface area (Å²) in [5, 5.41) is 17.9. The number of benzene rings is 1. The van der Waals surface area contributed by atoms with Gasteiger partial charge in [0.2, 0.25) is 0 Å². The topological polar surface area (TPSA) is 76.0 Å². The van der Waals surface area contributed by atoms with Crippen molar-refractivity contribution < 1.29 is 37.7 Å². The molecule has 0 fully saturated rings. The minimum absolute atomic E-state index is 0.0564. The highest BCUT2D eigenvalue weighted by Crippen LogP contribution is 2.34. The van der Waals surface area contributed by atoms with Gasteiger partial charge in [0.1, 0.15) is 0 Å². The molecule has 8 heteroatoms.